The van der Waals surface area contributed by atoms with Crippen LogP contribution < -0.4 is 5.32 Å². The molecule has 0 saturated carbocycles. The Kier molecular flexibility index (Phi) is 52.1. The SMILES string of the molecule is CCCC/C=C\C/C=C\CCCCCCCC(=O)OCCCCCCCCC/C=C\CCCCCCCC(=O)NC(CO)C(O)CCCCCCCCCCCCCCCCCCC. The molecular formula is C58H109NO5. The lowest BCUT2D eigenvalue weighted by Crippen LogP contribution is -2.45. The van der Waals surface area contributed by atoms with E-state index < -0.39 is 12.1 Å². The van der Waals surface area contributed by atoms with E-state index in [1.165, 1.54) is 193 Å². The molecule has 0 radical (unpaired) electrons. The fraction of sp³-hybridized carbons (Fsp3) is 0.862. The maximum absolute atomic E-state index is 12.5. The number of aliphatic hydroxyl groups excluding tert-OH is 2. The van der Waals surface area contributed by atoms with Crippen LogP contribution in [0.5, 0.6) is 0 Å². The molecule has 0 bridgehead atoms. The molecule has 0 aliphatic heterocycles. The predicted molar refractivity (Wildman–Crippen MR) is 278 cm³/mol. The fourth-order valence-corrected chi connectivity index (χ4v) is 8.53. The van der Waals surface area contributed by atoms with Crippen molar-refractivity contribution < 1.29 is 24.5 Å². The Morgan fingerprint density at radius 3 is 1.25 bits per heavy atom. The maximum atomic E-state index is 12.5. The van der Waals surface area contributed by atoms with Gasteiger partial charge in [-0.1, -0.05) is 243 Å². The summed E-state index contributed by atoms with van der Waals surface area (Å²) in [6.45, 7) is 4.89. The molecule has 3 N–H and O–H groups in total. The van der Waals surface area contributed by atoms with Gasteiger partial charge < -0.3 is 20.3 Å². The first-order valence-electron chi connectivity index (χ1n) is 28.2. The van der Waals surface area contributed by atoms with Gasteiger partial charge in [0.1, 0.15) is 0 Å². The lowest BCUT2D eigenvalue weighted by atomic mass is 10.0. The topological polar surface area (TPSA) is 95.9 Å². The Morgan fingerprint density at radius 1 is 0.438 bits per heavy atom. The van der Waals surface area contributed by atoms with Gasteiger partial charge in [0.15, 0.2) is 0 Å². The zero-order chi connectivity index (χ0) is 46.5. The molecule has 0 fully saturated rings. The van der Waals surface area contributed by atoms with Crippen molar-refractivity contribution in [1.29, 1.82) is 0 Å². The van der Waals surface area contributed by atoms with Gasteiger partial charge in [-0.3, -0.25) is 9.59 Å². The normalized spacial score (nSPS) is 12.9. The van der Waals surface area contributed by atoms with Crippen molar-refractivity contribution in [3.8, 4) is 0 Å². The van der Waals surface area contributed by atoms with Crippen LogP contribution in [0.3, 0.4) is 0 Å². The number of esters is 1. The van der Waals surface area contributed by atoms with Crippen molar-refractivity contribution in [2.24, 2.45) is 0 Å². The van der Waals surface area contributed by atoms with Crippen LogP contribution in [0.1, 0.15) is 296 Å². The zero-order valence-electron chi connectivity index (χ0n) is 42.8. The number of ether oxygens (including phenoxy) is 1. The largest absolute Gasteiger partial charge is 0.466 e. The van der Waals surface area contributed by atoms with Crippen molar-refractivity contribution in [2.45, 2.75) is 309 Å². The molecule has 2 unspecified atom stereocenters. The molecular weight excluding hydrogens is 791 g/mol. The molecule has 64 heavy (non-hydrogen) atoms. The minimum Gasteiger partial charge on any atom is -0.466 e. The quantitative estimate of drug-likeness (QED) is 0.0321. The van der Waals surface area contributed by atoms with Crippen LogP contribution in [-0.4, -0.2) is 47.4 Å². The first-order chi connectivity index (χ1) is 31.5. The summed E-state index contributed by atoms with van der Waals surface area (Å²) in [6, 6.07) is -0.555. The Balaban J connectivity index is 3.48. The van der Waals surface area contributed by atoms with E-state index in [-0.39, 0.29) is 18.5 Å². The fourth-order valence-electron chi connectivity index (χ4n) is 8.53. The molecule has 6 heteroatoms. The van der Waals surface area contributed by atoms with Gasteiger partial charge in [-0.25, -0.2) is 0 Å². The summed E-state index contributed by atoms with van der Waals surface area (Å²) < 4.78 is 5.46. The second-order valence-electron chi connectivity index (χ2n) is 19.3. The zero-order valence-corrected chi connectivity index (χ0v) is 42.8. The van der Waals surface area contributed by atoms with Crippen molar-refractivity contribution >= 4 is 11.9 Å². The molecule has 0 aromatic heterocycles. The molecule has 0 aromatic rings. The standard InChI is InChI=1S/C58H109NO5/c1-3-5-7-9-11-13-15-17-19-20-23-26-30-34-38-42-46-50-56(61)55(54-60)59-57(62)51-47-43-39-35-31-27-24-21-22-25-29-33-37-41-45-49-53-64-58(63)52-48-44-40-36-32-28-18-16-14-12-10-8-6-4-2/h10,12,16,18,21,24,55-56,60-61H,3-9,11,13-15,17,19-20,22-23,25-54H2,1-2H3,(H,59,62)/b12-10-,18-16-,24-21-. The summed E-state index contributed by atoms with van der Waals surface area (Å²) in [5.74, 6) is -0.0690. The van der Waals surface area contributed by atoms with Crippen LogP contribution in [0.2, 0.25) is 0 Å². The lowest BCUT2D eigenvalue weighted by Gasteiger charge is -2.22. The Bertz CT molecular complexity index is 1040. The minimum atomic E-state index is -0.676. The highest BCUT2D eigenvalue weighted by atomic mass is 16.5. The molecule has 0 heterocycles. The second kappa shape index (κ2) is 53.7. The summed E-state index contributed by atoms with van der Waals surface area (Å²) in [4.78, 5) is 24.5. The van der Waals surface area contributed by atoms with Gasteiger partial charge in [0.25, 0.3) is 0 Å². The summed E-state index contributed by atoms with van der Waals surface area (Å²) in [5.41, 5.74) is 0. The third kappa shape index (κ3) is 49.5. The smallest absolute Gasteiger partial charge is 0.305 e. The van der Waals surface area contributed by atoms with Crippen LogP contribution in [0, 0.1) is 0 Å². The lowest BCUT2D eigenvalue weighted by molar-refractivity contribution is -0.143. The molecule has 2 atom stereocenters. The highest BCUT2D eigenvalue weighted by Crippen LogP contribution is 2.17. The van der Waals surface area contributed by atoms with E-state index in [9.17, 15) is 19.8 Å². The van der Waals surface area contributed by atoms with Crippen LogP contribution >= 0.6 is 0 Å². The highest BCUT2D eigenvalue weighted by Gasteiger charge is 2.20. The maximum Gasteiger partial charge on any atom is 0.305 e. The molecule has 376 valence electrons. The summed E-state index contributed by atoms with van der Waals surface area (Å²) >= 11 is 0. The number of unbranched alkanes of at least 4 members (excludes halogenated alkanes) is 35. The van der Waals surface area contributed by atoms with E-state index in [1.807, 2.05) is 0 Å². The number of carbonyl (C=O) groups excluding carboxylic acids is 2. The van der Waals surface area contributed by atoms with Gasteiger partial charge in [-0.05, 0) is 77.0 Å². The molecule has 0 rings (SSSR count). The molecule has 6 nitrogen and oxygen atoms in total. The van der Waals surface area contributed by atoms with Gasteiger partial charge in [0, 0.05) is 12.8 Å². The monoisotopic (exact) mass is 900 g/mol. The molecule has 0 aliphatic carbocycles. The van der Waals surface area contributed by atoms with Crippen LogP contribution in [-0.2, 0) is 14.3 Å². The summed E-state index contributed by atoms with van der Waals surface area (Å²) in [7, 11) is 0. The van der Waals surface area contributed by atoms with Crippen LogP contribution in [0.4, 0.5) is 0 Å². The van der Waals surface area contributed by atoms with Gasteiger partial charge in [-0.2, -0.15) is 0 Å². The van der Waals surface area contributed by atoms with Crippen molar-refractivity contribution in [3.63, 3.8) is 0 Å². The van der Waals surface area contributed by atoms with Gasteiger partial charge in [0.2, 0.25) is 5.91 Å². The molecule has 0 aromatic carbocycles. The summed E-state index contributed by atoms with van der Waals surface area (Å²) in [5, 5.41) is 23.3. The number of carbonyl (C=O) groups is 2. The minimum absolute atomic E-state index is 0.0175. The molecule has 0 spiro atoms. The number of rotatable bonds is 52. The van der Waals surface area contributed by atoms with Gasteiger partial charge in [-0.15, -0.1) is 0 Å². The third-order valence-electron chi connectivity index (χ3n) is 12.9. The number of nitrogens with one attached hydrogen (secondary N) is 1. The van der Waals surface area contributed by atoms with Crippen molar-refractivity contribution in [1.82, 2.24) is 5.32 Å². The average Bonchev–Trinajstić information content (AvgIpc) is 3.29. The van der Waals surface area contributed by atoms with Crippen LogP contribution in [0.25, 0.3) is 0 Å². The number of allylic oxidation sites excluding steroid dienone is 6. The van der Waals surface area contributed by atoms with E-state index in [4.69, 9.17) is 4.74 Å². The van der Waals surface area contributed by atoms with Crippen LogP contribution in [0.15, 0.2) is 36.5 Å². The molecule has 0 aliphatic rings. The number of hydrogen-bond donors (Lipinski definition) is 3. The highest BCUT2D eigenvalue weighted by molar-refractivity contribution is 5.76. The Hall–Kier alpha value is -1.92. The van der Waals surface area contributed by atoms with Gasteiger partial charge in [0.05, 0.1) is 25.4 Å². The molecule has 0 saturated heterocycles. The first kappa shape index (κ1) is 62.1. The van der Waals surface area contributed by atoms with Crippen molar-refractivity contribution in [3.05, 3.63) is 36.5 Å². The van der Waals surface area contributed by atoms with Gasteiger partial charge >= 0.3 is 5.97 Å². The third-order valence-corrected chi connectivity index (χ3v) is 12.9. The van der Waals surface area contributed by atoms with E-state index in [0.29, 0.717) is 25.9 Å². The number of hydrogen-bond acceptors (Lipinski definition) is 5. The van der Waals surface area contributed by atoms with E-state index >= 15 is 0 Å². The number of amides is 1. The second-order valence-corrected chi connectivity index (χ2v) is 19.3. The first-order valence-corrected chi connectivity index (χ1v) is 28.2. The van der Waals surface area contributed by atoms with E-state index in [2.05, 4.69) is 55.6 Å². The Morgan fingerprint density at radius 2 is 0.797 bits per heavy atom. The average molecular weight is 901 g/mol. The van der Waals surface area contributed by atoms with E-state index in [1.54, 1.807) is 0 Å². The van der Waals surface area contributed by atoms with E-state index in [0.717, 1.165) is 70.6 Å². The van der Waals surface area contributed by atoms with Crippen molar-refractivity contribution in [2.75, 3.05) is 13.2 Å². The molecule has 1 amide bonds. The number of aliphatic hydroxyl groups is 2. The Labute approximate surface area is 398 Å². The summed E-state index contributed by atoms with van der Waals surface area (Å²) in [6.07, 6.45) is 65.5. The predicted octanol–water partition coefficient (Wildman–Crippen LogP) is 17.2.